The van der Waals surface area contributed by atoms with Gasteiger partial charge in [-0.05, 0) is 19.4 Å². The molecule has 0 atom stereocenters. The van der Waals surface area contributed by atoms with E-state index in [2.05, 4.69) is 15.3 Å². The lowest BCUT2D eigenvalue weighted by Gasteiger charge is -2.10. The van der Waals surface area contributed by atoms with Crippen molar-refractivity contribution in [3.05, 3.63) is 34.2 Å². The number of rotatable bonds is 2. The minimum atomic E-state index is -0.0675. The van der Waals surface area contributed by atoms with Crippen LogP contribution < -0.4 is 5.73 Å². The van der Waals surface area contributed by atoms with Crippen LogP contribution in [0.25, 0.3) is 5.82 Å². The van der Waals surface area contributed by atoms with Crippen molar-refractivity contribution >= 4 is 17.4 Å². The molecule has 0 aliphatic rings. The fourth-order valence-electron chi connectivity index (χ4n) is 1.50. The number of halogens is 1. The summed E-state index contributed by atoms with van der Waals surface area (Å²) in [6.45, 7) is 3.66. The Morgan fingerprint density at radius 1 is 1.41 bits per heavy atom. The fraction of sp³-hybridized carbons (Fsp3) is 0.200. The van der Waals surface area contributed by atoms with Crippen molar-refractivity contribution in [2.45, 2.75) is 13.8 Å². The van der Waals surface area contributed by atoms with Crippen molar-refractivity contribution in [3.8, 4) is 5.82 Å². The number of hydrogen-bond donors (Lipinski definition) is 2. The molecule has 7 heteroatoms. The molecule has 0 aliphatic heterocycles. The molecule has 0 saturated carbocycles. The minimum Gasteiger partial charge on any atom is -0.384 e. The highest BCUT2D eigenvalue weighted by Crippen LogP contribution is 2.18. The SMILES string of the molecule is Cc1nnc(-n2cc(Cl)cn2)c(C(=N)N)c1C. The summed E-state index contributed by atoms with van der Waals surface area (Å²) < 4.78 is 1.46. The van der Waals surface area contributed by atoms with Gasteiger partial charge in [0.05, 0.1) is 28.7 Å². The summed E-state index contributed by atoms with van der Waals surface area (Å²) in [7, 11) is 0. The lowest BCUT2D eigenvalue weighted by Crippen LogP contribution is -2.19. The van der Waals surface area contributed by atoms with Crippen LogP contribution in [-0.4, -0.2) is 25.8 Å². The van der Waals surface area contributed by atoms with E-state index >= 15 is 0 Å². The van der Waals surface area contributed by atoms with Crippen molar-refractivity contribution in [2.75, 3.05) is 0 Å². The maximum Gasteiger partial charge on any atom is 0.187 e. The molecule has 0 aromatic carbocycles. The Morgan fingerprint density at radius 2 is 2.12 bits per heavy atom. The number of nitrogens with zero attached hydrogens (tertiary/aromatic N) is 4. The molecule has 6 nitrogen and oxygen atoms in total. The van der Waals surface area contributed by atoms with Crippen LogP contribution in [0.2, 0.25) is 5.02 Å². The predicted molar refractivity (Wildman–Crippen MR) is 64.7 cm³/mol. The van der Waals surface area contributed by atoms with Crippen LogP contribution >= 0.6 is 11.6 Å². The summed E-state index contributed by atoms with van der Waals surface area (Å²) >= 11 is 5.80. The molecular formula is C10H11ClN6. The van der Waals surface area contributed by atoms with Crippen LogP contribution in [0.5, 0.6) is 0 Å². The Balaban J connectivity index is 2.70. The summed E-state index contributed by atoms with van der Waals surface area (Å²) in [6.07, 6.45) is 3.08. The molecular weight excluding hydrogens is 240 g/mol. The molecule has 0 amide bonds. The first-order valence-corrected chi connectivity index (χ1v) is 5.27. The number of nitrogens with one attached hydrogen (secondary N) is 1. The van der Waals surface area contributed by atoms with Crippen LogP contribution in [0.15, 0.2) is 12.4 Å². The van der Waals surface area contributed by atoms with Crippen LogP contribution in [0.1, 0.15) is 16.8 Å². The van der Waals surface area contributed by atoms with Crippen LogP contribution in [0, 0.1) is 19.3 Å². The van der Waals surface area contributed by atoms with Crippen molar-refractivity contribution < 1.29 is 0 Å². The Bertz CT molecular complexity index is 588. The number of amidine groups is 1. The van der Waals surface area contributed by atoms with Gasteiger partial charge in [-0.25, -0.2) is 4.68 Å². The van der Waals surface area contributed by atoms with Crippen LogP contribution in [0.3, 0.4) is 0 Å². The summed E-state index contributed by atoms with van der Waals surface area (Å²) in [5.41, 5.74) is 7.64. The molecule has 0 bridgehead atoms. The summed E-state index contributed by atoms with van der Waals surface area (Å²) in [4.78, 5) is 0. The number of nitrogen functional groups attached to an aromatic ring is 1. The van der Waals surface area contributed by atoms with E-state index < -0.39 is 0 Å². The average Bonchev–Trinajstić information content (AvgIpc) is 2.68. The standard InChI is InChI=1S/C10H11ClN6/c1-5-6(2)15-16-10(8(5)9(12)13)17-4-7(11)3-14-17/h3-4H,1-2H3,(H3,12,13). The molecule has 3 N–H and O–H groups in total. The summed E-state index contributed by atoms with van der Waals surface area (Å²) in [5, 5.41) is 20.1. The highest BCUT2D eigenvalue weighted by atomic mass is 35.5. The Hall–Kier alpha value is -1.95. The van der Waals surface area contributed by atoms with E-state index in [0.29, 0.717) is 16.4 Å². The maximum absolute atomic E-state index is 7.61. The normalized spacial score (nSPS) is 10.5. The topological polar surface area (TPSA) is 93.5 Å². The van der Waals surface area contributed by atoms with Gasteiger partial charge < -0.3 is 5.73 Å². The van der Waals surface area contributed by atoms with E-state index in [1.807, 2.05) is 13.8 Å². The van der Waals surface area contributed by atoms with Gasteiger partial charge in [-0.3, -0.25) is 5.41 Å². The summed E-state index contributed by atoms with van der Waals surface area (Å²) in [6, 6.07) is 0. The van der Waals surface area contributed by atoms with Gasteiger partial charge in [0.15, 0.2) is 5.82 Å². The van der Waals surface area contributed by atoms with Gasteiger partial charge in [-0.2, -0.15) is 10.2 Å². The number of nitrogens with two attached hydrogens (primary N) is 1. The van der Waals surface area contributed by atoms with Crippen molar-refractivity contribution in [1.82, 2.24) is 20.0 Å². The van der Waals surface area contributed by atoms with E-state index in [4.69, 9.17) is 22.7 Å². The molecule has 0 radical (unpaired) electrons. The highest BCUT2D eigenvalue weighted by molar-refractivity contribution is 6.30. The second kappa shape index (κ2) is 4.14. The van der Waals surface area contributed by atoms with Gasteiger partial charge >= 0.3 is 0 Å². The third-order valence-electron chi connectivity index (χ3n) is 2.47. The molecule has 17 heavy (non-hydrogen) atoms. The Labute approximate surface area is 103 Å². The third-order valence-corrected chi connectivity index (χ3v) is 2.67. The van der Waals surface area contributed by atoms with E-state index in [1.54, 1.807) is 6.20 Å². The minimum absolute atomic E-state index is 0.0675. The lowest BCUT2D eigenvalue weighted by atomic mass is 10.1. The number of aryl methyl sites for hydroxylation is 1. The van der Waals surface area contributed by atoms with Crippen LogP contribution in [0.4, 0.5) is 0 Å². The Kier molecular flexibility index (Phi) is 2.81. The molecule has 88 valence electrons. The second-order valence-corrected chi connectivity index (χ2v) is 4.06. The van der Waals surface area contributed by atoms with E-state index in [1.165, 1.54) is 10.9 Å². The first-order chi connectivity index (χ1) is 8.00. The molecule has 0 fully saturated rings. The largest absolute Gasteiger partial charge is 0.384 e. The van der Waals surface area contributed by atoms with Gasteiger partial charge in [0.25, 0.3) is 0 Å². The third kappa shape index (κ3) is 1.99. The van der Waals surface area contributed by atoms with Crippen molar-refractivity contribution in [1.29, 1.82) is 5.41 Å². The van der Waals surface area contributed by atoms with Gasteiger partial charge in [-0.1, -0.05) is 11.6 Å². The smallest absolute Gasteiger partial charge is 0.187 e. The zero-order chi connectivity index (χ0) is 12.6. The zero-order valence-electron chi connectivity index (χ0n) is 9.40. The Morgan fingerprint density at radius 3 is 2.65 bits per heavy atom. The first-order valence-electron chi connectivity index (χ1n) is 4.89. The maximum atomic E-state index is 7.61. The molecule has 2 heterocycles. The zero-order valence-corrected chi connectivity index (χ0v) is 10.2. The van der Waals surface area contributed by atoms with Crippen molar-refractivity contribution in [2.24, 2.45) is 5.73 Å². The van der Waals surface area contributed by atoms with Crippen molar-refractivity contribution in [3.63, 3.8) is 0 Å². The van der Waals surface area contributed by atoms with Gasteiger partial charge in [0.2, 0.25) is 0 Å². The molecule has 0 spiro atoms. The van der Waals surface area contributed by atoms with Crippen LogP contribution in [-0.2, 0) is 0 Å². The highest BCUT2D eigenvalue weighted by Gasteiger charge is 2.15. The molecule has 2 aromatic heterocycles. The number of aromatic nitrogens is 4. The monoisotopic (exact) mass is 250 g/mol. The molecule has 0 unspecified atom stereocenters. The molecule has 2 aromatic rings. The van der Waals surface area contributed by atoms with Gasteiger partial charge in [-0.15, -0.1) is 5.10 Å². The lowest BCUT2D eigenvalue weighted by molar-refractivity contribution is 0.797. The average molecular weight is 251 g/mol. The predicted octanol–water partition coefficient (Wildman–Crippen LogP) is 1.22. The van der Waals surface area contributed by atoms with E-state index in [9.17, 15) is 0 Å². The quantitative estimate of drug-likeness (QED) is 0.619. The molecule has 2 rings (SSSR count). The second-order valence-electron chi connectivity index (χ2n) is 3.63. The summed E-state index contributed by atoms with van der Waals surface area (Å²) in [5.74, 6) is 0.342. The van der Waals surface area contributed by atoms with E-state index in [-0.39, 0.29) is 5.84 Å². The van der Waals surface area contributed by atoms with E-state index in [0.717, 1.165) is 11.3 Å². The van der Waals surface area contributed by atoms with Gasteiger partial charge in [0, 0.05) is 0 Å². The van der Waals surface area contributed by atoms with Gasteiger partial charge in [0.1, 0.15) is 5.84 Å². The molecule has 0 saturated heterocycles. The number of hydrogen-bond acceptors (Lipinski definition) is 4. The fourth-order valence-corrected chi connectivity index (χ4v) is 1.63. The first kappa shape index (κ1) is 11.5. The molecule has 0 aliphatic carbocycles.